The SMILES string of the molecule is CNC(=O)C(CC(C)C)NC(=O)c1nc(Br)n2c1CN(C)CC2. The van der Waals surface area contributed by atoms with E-state index in [0.717, 1.165) is 18.8 Å². The molecule has 23 heavy (non-hydrogen) atoms. The van der Waals surface area contributed by atoms with Gasteiger partial charge < -0.3 is 15.2 Å². The summed E-state index contributed by atoms with van der Waals surface area (Å²) in [5.41, 5.74) is 1.27. The Labute approximate surface area is 144 Å². The Kier molecular flexibility index (Phi) is 5.80. The third-order valence-corrected chi connectivity index (χ3v) is 4.55. The molecule has 1 unspecified atom stereocenters. The number of nitrogens with zero attached hydrogens (tertiary/aromatic N) is 3. The molecule has 2 rings (SSSR count). The van der Waals surface area contributed by atoms with E-state index in [9.17, 15) is 9.59 Å². The van der Waals surface area contributed by atoms with Crippen molar-refractivity contribution in [3.05, 3.63) is 16.1 Å². The van der Waals surface area contributed by atoms with Gasteiger partial charge in [-0.2, -0.15) is 0 Å². The van der Waals surface area contributed by atoms with E-state index in [2.05, 4.69) is 36.4 Å². The lowest BCUT2D eigenvalue weighted by Crippen LogP contribution is -2.46. The summed E-state index contributed by atoms with van der Waals surface area (Å²) in [5, 5.41) is 5.43. The highest BCUT2D eigenvalue weighted by molar-refractivity contribution is 9.10. The molecule has 0 spiro atoms. The second kappa shape index (κ2) is 7.44. The van der Waals surface area contributed by atoms with Crippen LogP contribution in [0.5, 0.6) is 0 Å². The predicted octanol–water partition coefficient (Wildman–Crippen LogP) is 0.981. The molecule has 2 amide bonds. The van der Waals surface area contributed by atoms with E-state index in [1.807, 2.05) is 25.5 Å². The third-order valence-electron chi connectivity index (χ3n) is 3.94. The number of fused-ring (bicyclic) bond motifs is 1. The van der Waals surface area contributed by atoms with Crippen molar-refractivity contribution in [2.24, 2.45) is 5.92 Å². The highest BCUT2D eigenvalue weighted by atomic mass is 79.9. The summed E-state index contributed by atoms with van der Waals surface area (Å²) >= 11 is 3.41. The number of carbonyl (C=O) groups is 2. The van der Waals surface area contributed by atoms with Crippen LogP contribution >= 0.6 is 15.9 Å². The topological polar surface area (TPSA) is 79.3 Å². The van der Waals surface area contributed by atoms with Gasteiger partial charge in [0.15, 0.2) is 10.4 Å². The van der Waals surface area contributed by atoms with E-state index < -0.39 is 6.04 Å². The van der Waals surface area contributed by atoms with E-state index in [0.29, 0.717) is 29.3 Å². The Morgan fingerprint density at radius 1 is 1.35 bits per heavy atom. The number of likely N-dealkylation sites (N-methyl/N-ethyl adjacent to an activating group) is 2. The van der Waals surface area contributed by atoms with Crippen molar-refractivity contribution in [2.75, 3.05) is 20.6 Å². The maximum atomic E-state index is 12.6. The first-order valence-electron chi connectivity index (χ1n) is 7.79. The van der Waals surface area contributed by atoms with Crippen molar-refractivity contribution in [1.82, 2.24) is 25.1 Å². The first kappa shape index (κ1) is 17.9. The summed E-state index contributed by atoms with van der Waals surface area (Å²) in [7, 11) is 3.59. The van der Waals surface area contributed by atoms with Crippen LogP contribution in [0.15, 0.2) is 4.73 Å². The molecule has 128 valence electrons. The lowest BCUT2D eigenvalue weighted by Gasteiger charge is -2.25. The fraction of sp³-hybridized carbons (Fsp3) is 0.667. The largest absolute Gasteiger partial charge is 0.357 e. The van der Waals surface area contributed by atoms with Gasteiger partial charge in [0.05, 0.1) is 5.69 Å². The van der Waals surface area contributed by atoms with Gasteiger partial charge >= 0.3 is 0 Å². The molecule has 1 aromatic heterocycles. The summed E-state index contributed by atoms with van der Waals surface area (Å²) in [6.45, 7) is 6.41. The van der Waals surface area contributed by atoms with Crippen LogP contribution in [0.4, 0.5) is 0 Å². The van der Waals surface area contributed by atoms with E-state index in [-0.39, 0.29) is 11.8 Å². The van der Waals surface area contributed by atoms with Crippen molar-refractivity contribution in [3.63, 3.8) is 0 Å². The third kappa shape index (κ3) is 4.11. The van der Waals surface area contributed by atoms with Crippen LogP contribution < -0.4 is 10.6 Å². The van der Waals surface area contributed by atoms with Crippen LogP contribution in [0.25, 0.3) is 0 Å². The number of rotatable bonds is 5. The van der Waals surface area contributed by atoms with Crippen LogP contribution in [0, 0.1) is 5.92 Å². The first-order chi connectivity index (χ1) is 10.8. The van der Waals surface area contributed by atoms with E-state index in [4.69, 9.17) is 0 Å². The van der Waals surface area contributed by atoms with Crippen molar-refractivity contribution in [2.45, 2.75) is 39.4 Å². The zero-order chi connectivity index (χ0) is 17.1. The van der Waals surface area contributed by atoms with Crippen LogP contribution in [-0.4, -0.2) is 52.9 Å². The average molecular weight is 386 g/mol. The van der Waals surface area contributed by atoms with E-state index >= 15 is 0 Å². The maximum Gasteiger partial charge on any atom is 0.272 e. The average Bonchev–Trinajstić information content (AvgIpc) is 2.81. The summed E-state index contributed by atoms with van der Waals surface area (Å²) in [4.78, 5) is 31.1. The number of hydrogen-bond acceptors (Lipinski definition) is 4. The molecule has 7 nitrogen and oxygen atoms in total. The Bertz CT molecular complexity index is 599. The quantitative estimate of drug-likeness (QED) is 0.791. The van der Waals surface area contributed by atoms with Gasteiger partial charge in [0, 0.05) is 26.7 Å². The van der Waals surface area contributed by atoms with Crippen molar-refractivity contribution >= 4 is 27.7 Å². The van der Waals surface area contributed by atoms with Gasteiger partial charge in [0.25, 0.3) is 5.91 Å². The molecule has 0 saturated carbocycles. The molecule has 0 aromatic carbocycles. The van der Waals surface area contributed by atoms with Crippen LogP contribution in [0.2, 0.25) is 0 Å². The highest BCUT2D eigenvalue weighted by Crippen LogP contribution is 2.22. The Morgan fingerprint density at radius 3 is 2.65 bits per heavy atom. The zero-order valence-electron chi connectivity index (χ0n) is 14.0. The van der Waals surface area contributed by atoms with Crippen molar-refractivity contribution in [1.29, 1.82) is 0 Å². The van der Waals surface area contributed by atoms with Crippen molar-refractivity contribution in [3.8, 4) is 0 Å². The first-order valence-corrected chi connectivity index (χ1v) is 8.58. The summed E-state index contributed by atoms with van der Waals surface area (Å²) < 4.78 is 2.66. The summed E-state index contributed by atoms with van der Waals surface area (Å²) in [6, 6.07) is -0.551. The standard InChI is InChI=1S/C15H24BrN5O2/c1-9(2)7-10(13(22)17-3)18-14(23)12-11-8-20(4)5-6-21(11)15(16)19-12/h9-10H,5-8H2,1-4H3,(H,17,22)(H,18,23). The number of hydrogen-bond donors (Lipinski definition) is 2. The molecular weight excluding hydrogens is 362 g/mol. The van der Waals surface area contributed by atoms with E-state index in [1.54, 1.807) is 7.05 Å². The Hall–Kier alpha value is -1.41. The van der Waals surface area contributed by atoms with Gasteiger partial charge in [0.2, 0.25) is 5.91 Å². The Balaban J connectivity index is 2.21. The molecule has 0 bridgehead atoms. The van der Waals surface area contributed by atoms with Crippen molar-refractivity contribution < 1.29 is 9.59 Å². The summed E-state index contributed by atoms with van der Waals surface area (Å²) in [5.74, 6) is -0.188. The van der Waals surface area contributed by atoms with Gasteiger partial charge in [-0.15, -0.1) is 0 Å². The second-order valence-electron chi connectivity index (χ2n) is 6.34. The molecule has 0 radical (unpaired) electrons. The summed E-state index contributed by atoms with van der Waals surface area (Å²) in [6.07, 6.45) is 0.586. The van der Waals surface area contributed by atoms with E-state index in [1.165, 1.54) is 0 Å². The lowest BCUT2D eigenvalue weighted by molar-refractivity contribution is -0.122. The number of amides is 2. The normalized spacial score (nSPS) is 16.1. The molecule has 2 N–H and O–H groups in total. The van der Waals surface area contributed by atoms with Gasteiger partial charge in [0.1, 0.15) is 6.04 Å². The van der Waals surface area contributed by atoms with Crippen LogP contribution in [0.3, 0.4) is 0 Å². The number of nitrogens with one attached hydrogen (secondary N) is 2. The van der Waals surface area contributed by atoms with Crippen LogP contribution in [0.1, 0.15) is 36.5 Å². The molecule has 0 aliphatic carbocycles. The number of halogens is 1. The minimum atomic E-state index is -0.551. The fourth-order valence-corrected chi connectivity index (χ4v) is 3.30. The van der Waals surface area contributed by atoms with Gasteiger partial charge in [-0.05, 0) is 35.3 Å². The highest BCUT2D eigenvalue weighted by Gasteiger charge is 2.28. The number of carbonyl (C=O) groups excluding carboxylic acids is 2. The minimum Gasteiger partial charge on any atom is -0.357 e. The number of imidazole rings is 1. The smallest absolute Gasteiger partial charge is 0.272 e. The molecule has 0 fully saturated rings. The molecule has 1 aliphatic heterocycles. The van der Waals surface area contributed by atoms with Gasteiger partial charge in [-0.3, -0.25) is 14.5 Å². The molecule has 0 saturated heterocycles. The van der Waals surface area contributed by atoms with Gasteiger partial charge in [-0.1, -0.05) is 13.8 Å². The Morgan fingerprint density at radius 2 is 2.04 bits per heavy atom. The molecule has 8 heteroatoms. The maximum absolute atomic E-state index is 12.6. The monoisotopic (exact) mass is 385 g/mol. The molecular formula is C15H24BrN5O2. The molecule has 1 aromatic rings. The minimum absolute atomic E-state index is 0.184. The second-order valence-corrected chi connectivity index (χ2v) is 7.04. The number of aromatic nitrogens is 2. The predicted molar refractivity (Wildman–Crippen MR) is 91.0 cm³/mol. The molecule has 1 aliphatic rings. The van der Waals surface area contributed by atoms with Crippen LogP contribution in [-0.2, 0) is 17.9 Å². The molecule has 1 atom stereocenters. The van der Waals surface area contributed by atoms with Gasteiger partial charge in [-0.25, -0.2) is 4.98 Å². The lowest BCUT2D eigenvalue weighted by atomic mass is 10.0. The fourth-order valence-electron chi connectivity index (χ4n) is 2.73. The zero-order valence-corrected chi connectivity index (χ0v) is 15.6. The molecule has 2 heterocycles.